The summed E-state index contributed by atoms with van der Waals surface area (Å²) in [4.78, 5) is 12.4. The van der Waals surface area contributed by atoms with Crippen molar-refractivity contribution in [2.24, 2.45) is 0 Å². The smallest absolute Gasteiger partial charge is 0.407 e. The first-order valence-corrected chi connectivity index (χ1v) is 4.65. The molecule has 0 unspecified atom stereocenters. The molecule has 0 spiro atoms. The topological polar surface area (TPSA) is 52.6 Å². The number of rotatable bonds is 1. The van der Waals surface area contributed by atoms with Crippen LogP contribution < -0.4 is 5.32 Å². The number of nitrogens with one attached hydrogen (secondary N) is 1. The lowest BCUT2D eigenvalue weighted by molar-refractivity contribution is 0.0571. The molecular formula is C9H18N2O2. The van der Waals surface area contributed by atoms with Crippen LogP contribution in [0.15, 0.2) is 0 Å². The van der Waals surface area contributed by atoms with E-state index in [9.17, 15) is 4.79 Å². The Morgan fingerprint density at radius 3 is 2.62 bits per heavy atom. The number of nitrogens with zero attached hydrogens (tertiary/aromatic N) is 1. The van der Waals surface area contributed by atoms with E-state index in [-0.39, 0.29) is 5.54 Å². The number of piperidine rings is 1. The van der Waals surface area contributed by atoms with Crippen LogP contribution in [0.1, 0.15) is 26.7 Å². The summed E-state index contributed by atoms with van der Waals surface area (Å²) in [5.41, 5.74) is -0.238. The van der Waals surface area contributed by atoms with Crippen molar-refractivity contribution in [3.8, 4) is 0 Å². The van der Waals surface area contributed by atoms with Crippen molar-refractivity contribution in [1.82, 2.24) is 10.2 Å². The largest absolute Gasteiger partial charge is 0.465 e. The van der Waals surface area contributed by atoms with Crippen LogP contribution in [0.3, 0.4) is 0 Å². The number of carbonyl (C=O) groups is 1. The van der Waals surface area contributed by atoms with Gasteiger partial charge in [0.1, 0.15) is 0 Å². The number of hydrogen-bond donors (Lipinski definition) is 2. The highest BCUT2D eigenvalue weighted by Gasteiger charge is 2.36. The standard InChI is InChI=1S/C9H18N2O2/c1-9(2)6-7(10-3)4-5-11(9)8(12)13/h7,10H,4-6H2,1-3H3,(H,12,13)/t7-/m1/s1. The van der Waals surface area contributed by atoms with E-state index in [0.29, 0.717) is 12.6 Å². The molecule has 0 aromatic rings. The van der Waals surface area contributed by atoms with Crippen molar-refractivity contribution < 1.29 is 9.90 Å². The highest BCUT2D eigenvalue weighted by atomic mass is 16.4. The number of hydrogen-bond acceptors (Lipinski definition) is 2. The molecule has 1 heterocycles. The maximum atomic E-state index is 10.9. The van der Waals surface area contributed by atoms with Gasteiger partial charge in [-0.15, -0.1) is 0 Å². The zero-order valence-corrected chi connectivity index (χ0v) is 8.50. The Labute approximate surface area is 78.9 Å². The summed E-state index contributed by atoms with van der Waals surface area (Å²) in [6.07, 6.45) is 0.988. The Balaban J connectivity index is 2.67. The van der Waals surface area contributed by atoms with Crippen molar-refractivity contribution in [3.63, 3.8) is 0 Å². The maximum absolute atomic E-state index is 10.9. The summed E-state index contributed by atoms with van der Waals surface area (Å²) < 4.78 is 0. The van der Waals surface area contributed by atoms with E-state index in [1.807, 2.05) is 20.9 Å². The fourth-order valence-electron chi connectivity index (χ4n) is 2.00. The monoisotopic (exact) mass is 186 g/mol. The lowest BCUT2D eigenvalue weighted by atomic mass is 9.87. The normalized spacial score (nSPS) is 27.3. The van der Waals surface area contributed by atoms with Gasteiger partial charge in [-0.1, -0.05) is 0 Å². The minimum absolute atomic E-state index is 0.238. The second-order valence-electron chi connectivity index (χ2n) is 4.23. The molecule has 1 atom stereocenters. The van der Waals surface area contributed by atoms with E-state index in [2.05, 4.69) is 5.32 Å². The Morgan fingerprint density at radius 1 is 1.62 bits per heavy atom. The van der Waals surface area contributed by atoms with Gasteiger partial charge in [0.25, 0.3) is 0 Å². The van der Waals surface area contributed by atoms with Gasteiger partial charge >= 0.3 is 6.09 Å². The predicted octanol–water partition coefficient (Wildman–Crippen LogP) is 1.13. The molecule has 76 valence electrons. The lowest BCUT2D eigenvalue weighted by Gasteiger charge is -2.43. The van der Waals surface area contributed by atoms with E-state index >= 15 is 0 Å². The van der Waals surface area contributed by atoms with E-state index in [0.717, 1.165) is 12.8 Å². The van der Waals surface area contributed by atoms with E-state index in [1.165, 1.54) is 4.90 Å². The molecule has 1 aliphatic heterocycles. The average Bonchev–Trinajstić information content (AvgIpc) is 2.01. The highest BCUT2D eigenvalue weighted by Crippen LogP contribution is 2.27. The van der Waals surface area contributed by atoms with Crippen LogP contribution in [0.4, 0.5) is 4.79 Å². The van der Waals surface area contributed by atoms with E-state index in [1.54, 1.807) is 0 Å². The third-order valence-corrected chi connectivity index (χ3v) is 2.82. The molecule has 1 aliphatic rings. The van der Waals surface area contributed by atoms with Gasteiger partial charge in [0.05, 0.1) is 0 Å². The fraction of sp³-hybridized carbons (Fsp3) is 0.889. The van der Waals surface area contributed by atoms with Crippen LogP contribution in [0.25, 0.3) is 0 Å². The van der Waals surface area contributed by atoms with Gasteiger partial charge in [0.15, 0.2) is 0 Å². The van der Waals surface area contributed by atoms with Crippen LogP contribution >= 0.6 is 0 Å². The first kappa shape index (κ1) is 10.3. The summed E-state index contributed by atoms with van der Waals surface area (Å²) >= 11 is 0. The Hall–Kier alpha value is -0.770. The molecule has 1 amide bonds. The summed E-state index contributed by atoms with van der Waals surface area (Å²) in [6, 6.07) is 0.450. The van der Waals surface area contributed by atoms with Crippen molar-refractivity contribution >= 4 is 6.09 Å². The van der Waals surface area contributed by atoms with Gasteiger partial charge in [0.2, 0.25) is 0 Å². The molecular weight excluding hydrogens is 168 g/mol. The molecule has 0 aliphatic carbocycles. The molecule has 0 aromatic carbocycles. The summed E-state index contributed by atoms with van der Waals surface area (Å²) in [7, 11) is 1.93. The van der Waals surface area contributed by atoms with Crippen molar-refractivity contribution in [3.05, 3.63) is 0 Å². The molecule has 0 radical (unpaired) electrons. The van der Waals surface area contributed by atoms with Crippen LogP contribution in [0.5, 0.6) is 0 Å². The predicted molar refractivity (Wildman–Crippen MR) is 50.9 cm³/mol. The zero-order valence-electron chi connectivity index (χ0n) is 8.50. The summed E-state index contributed by atoms with van der Waals surface area (Å²) in [5.74, 6) is 0. The van der Waals surface area contributed by atoms with Gasteiger partial charge in [-0.25, -0.2) is 4.79 Å². The van der Waals surface area contributed by atoms with Crippen molar-refractivity contribution in [2.45, 2.75) is 38.3 Å². The van der Waals surface area contributed by atoms with Crippen LogP contribution in [0.2, 0.25) is 0 Å². The first-order valence-electron chi connectivity index (χ1n) is 4.65. The molecule has 0 bridgehead atoms. The average molecular weight is 186 g/mol. The third-order valence-electron chi connectivity index (χ3n) is 2.82. The minimum Gasteiger partial charge on any atom is -0.465 e. The molecule has 0 saturated carbocycles. The summed E-state index contributed by atoms with van der Waals surface area (Å²) in [6.45, 7) is 4.59. The van der Waals surface area contributed by atoms with Crippen LogP contribution in [0, 0.1) is 0 Å². The fourth-order valence-corrected chi connectivity index (χ4v) is 2.00. The molecule has 1 fully saturated rings. The number of carboxylic acid groups (broad SMARTS) is 1. The third kappa shape index (κ3) is 2.12. The van der Waals surface area contributed by atoms with Gasteiger partial charge < -0.3 is 15.3 Å². The van der Waals surface area contributed by atoms with Crippen LogP contribution in [-0.2, 0) is 0 Å². The summed E-state index contributed by atoms with van der Waals surface area (Å²) in [5, 5.41) is 12.1. The Bertz CT molecular complexity index is 204. The Kier molecular flexibility index (Phi) is 2.81. The van der Waals surface area contributed by atoms with Crippen molar-refractivity contribution in [1.29, 1.82) is 0 Å². The SMILES string of the molecule is CN[C@@H]1CCN(C(=O)O)C(C)(C)C1. The lowest BCUT2D eigenvalue weighted by Crippen LogP contribution is -2.55. The quantitative estimate of drug-likeness (QED) is 0.645. The zero-order chi connectivity index (χ0) is 10.1. The first-order chi connectivity index (χ1) is 5.97. The molecule has 1 saturated heterocycles. The second kappa shape index (κ2) is 3.54. The molecule has 1 rings (SSSR count). The molecule has 13 heavy (non-hydrogen) atoms. The highest BCUT2D eigenvalue weighted by molar-refractivity contribution is 5.66. The van der Waals surface area contributed by atoms with E-state index < -0.39 is 6.09 Å². The molecule has 2 N–H and O–H groups in total. The van der Waals surface area contributed by atoms with Gasteiger partial charge in [-0.2, -0.15) is 0 Å². The number of amides is 1. The number of likely N-dealkylation sites (tertiary alicyclic amines) is 1. The van der Waals surface area contributed by atoms with Gasteiger partial charge in [0, 0.05) is 18.1 Å². The Morgan fingerprint density at radius 2 is 2.23 bits per heavy atom. The van der Waals surface area contributed by atoms with Crippen molar-refractivity contribution in [2.75, 3.05) is 13.6 Å². The molecule has 4 nitrogen and oxygen atoms in total. The second-order valence-corrected chi connectivity index (χ2v) is 4.23. The van der Waals surface area contributed by atoms with Gasteiger partial charge in [-0.3, -0.25) is 0 Å². The minimum atomic E-state index is -0.806. The molecule has 0 aromatic heterocycles. The maximum Gasteiger partial charge on any atom is 0.407 e. The van der Waals surface area contributed by atoms with E-state index in [4.69, 9.17) is 5.11 Å². The van der Waals surface area contributed by atoms with Gasteiger partial charge in [-0.05, 0) is 33.7 Å². The molecule has 4 heteroatoms. The van der Waals surface area contributed by atoms with Crippen LogP contribution in [-0.4, -0.2) is 41.3 Å².